The second-order valence-corrected chi connectivity index (χ2v) is 13.2. The second-order valence-electron chi connectivity index (χ2n) is 10.6. The second kappa shape index (κ2) is 12.3. The number of aromatic nitrogens is 2. The van der Waals surface area contributed by atoms with Gasteiger partial charge in [0.2, 0.25) is 10.0 Å². The Bertz CT molecular complexity index is 2250. The van der Waals surface area contributed by atoms with Crippen molar-refractivity contribution >= 4 is 55.0 Å². The lowest BCUT2D eigenvalue weighted by atomic mass is 9.85. The Labute approximate surface area is 269 Å². The number of ether oxygens (including phenoxy) is 1. The molecule has 0 bridgehead atoms. The fraction of sp³-hybridized carbons (Fsp3) is 0.147. The zero-order valence-corrected chi connectivity index (χ0v) is 26.7. The van der Waals surface area contributed by atoms with Crippen LogP contribution in [0.4, 0.5) is 0 Å². The fourth-order valence-electron chi connectivity index (χ4n) is 5.87. The van der Waals surface area contributed by atoms with Crippen LogP contribution in [0.1, 0.15) is 28.3 Å². The molecule has 11 heteroatoms. The predicted octanol–water partition coefficient (Wildman–Crippen LogP) is 6.74. The molecule has 3 N–H and O–H groups in total. The summed E-state index contributed by atoms with van der Waals surface area (Å²) in [4.78, 5) is 17.5. The van der Waals surface area contributed by atoms with Crippen LogP contribution in [0.2, 0.25) is 10.0 Å². The standard InChI is InChI=1S/C34H29Cl2N3O5S/c1-39-28-13-6-4-11-25(28)33(40)31(34(39)41)30(20-8-7-9-22(18-20)44-2)32-24(23-10-3-5-12-27(23)38-32)16-17-37-45(42,43)29-19-21(35)14-15-26(29)36/h3-15,18-19,30,37-38,40H,16-17H2,1-2H3. The van der Waals surface area contributed by atoms with E-state index in [4.69, 9.17) is 27.9 Å². The van der Waals surface area contributed by atoms with E-state index in [0.717, 1.165) is 16.5 Å². The van der Waals surface area contributed by atoms with Crippen molar-refractivity contribution in [3.63, 3.8) is 0 Å². The number of methoxy groups -OCH3 is 1. The molecule has 1 unspecified atom stereocenters. The monoisotopic (exact) mass is 661 g/mol. The van der Waals surface area contributed by atoms with Gasteiger partial charge in [-0.05, 0) is 66.1 Å². The Kier molecular flexibility index (Phi) is 8.37. The Morgan fingerprint density at radius 2 is 1.69 bits per heavy atom. The molecule has 0 aliphatic rings. The molecule has 2 heterocycles. The van der Waals surface area contributed by atoms with Crippen LogP contribution in [0.25, 0.3) is 21.8 Å². The highest BCUT2D eigenvalue weighted by Crippen LogP contribution is 2.41. The Morgan fingerprint density at radius 1 is 0.956 bits per heavy atom. The van der Waals surface area contributed by atoms with Crippen LogP contribution in [0.15, 0.2) is 101 Å². The van der Waals surface area contributed by atoms with Crippen LogP contribution >= 0.6 is 23.2 Å². The maximum atomic E-state index is 14.1. The van der Waals surface area contributed by atoms with E-state index in [2.05, 4.69) is 9.71 Å². The van der Waals surface area contributed by atoms with Crippen molar-refractivity contribution in [2.24, 2.45) is 7.05 Å². The molecule has 4 aromatic carbocycles. The van der Waals surface area contributed by atoms with E-state index in [0.29, 0.717) is 27.9 Å². The number of pyridine rings is 1. The highest BCUT2D eigenvalue weighted by Gasteiger charge is 2.31. The van der Waals surface area contributed by atoms with E-state index in [1.54, 1.807) is 32.4 Å². The van der Waals surface area contributed by atoms with Gasteiger partial charge >= 0.3 is 0 Å². The first-order valence-corrected chi connectivity index (χ1v) is 16.3. The maximum Gasteiger partial charge on any atom is 0.258 e. The van der Waals surface area contributed by atoms with Crippen LogP contribution in [-0.2, 0) is 23.5 Å². The number of rotatable bonds is 9. The molecule has 6 rings (SSSR count). The largest absolute Gasteiger partial charge is 0.507 e. The number of halogens is 2. The van der Waals surface area contributed by atoms with Crippen LogP contribution in [0, 0.1) is 0 Å². The molecule has 0 saturated carbocycles. The lowest BCUT2D eigenvalue weighted by Gasteiger charge is -2.22. The zero-order chi connectivity index (χ0) is 31.9. The smallest absolute Gasteiger partial charge is 0.258 e. The molecule has 0 amide bonds. The number of fused-ring (bicyclic) bond motifs is 2. The number of nitrogens with one attached hydrogen (secondary N) is 2. The van der Waals surface area contributed by atoms with Gasteiger partial charge in [-0.15, -0.1) is 0 Å². The van der Waals surface area contributed by atoms with Crippen molar-refractivity contribution in [3.8, 4) is 11.5 Å². The number of para-hydroxylation sites is 2. The van der Waals surface area contributed by atoms with Gasteiger partial charge in [0, 0.05) is 40.6 Å². The van der Waals surface area contributed by atoms with Crippen molar-refractivity contribution in [2.75, 3.05) is 13.7 Å². The van der Waals surface area contributed by atoms with Crippen LogP contribution in [0.5, 0.6) is 11.5 Å². The third-order valence-electron chi connectivity index (χ3n) is 8.01. The van der Waals surface area contributed by atoms with Crippen molar-refractivity contribution < 1.29 is 18.3 Å². The molecule has 0 fully saturated rings. The molecular formula is C34H29Cl2N3O5S. The number of aromatic hydroxyl groups is 1. The van der Waals surface area contributed by atoms with E-state index in [1.807, 2.05) is 54.6 Å². The predicted molar refractivity (Wildman–Crippen MR) is 178 cm³/mol. The Morgan fingerprint density at radius 3 is 2.47 bits per heavy atom. The summed E-state index contributed by atoms with van der Waals surface area (Å²) in [5.41, 5.74) is 3.35. The normalized spacial score (nSPS) is 12.5. The van der Waals surface area contributed by atoms with Crippen LogP contribution in [-0.4, -0.2) is 36.7 Å². The first-order chi connectivity index (χ1) is 21.6. The summed E-state index contributed by atoms with van der Waals surface area (Å²) in [6.45, 7) is 0.0204. The van der Waals surface area contributed by atoms with Crippen molar-refractivity contribution in [2.45, 2.75) is 17.2 Å². The summed E-state index contributed by atoms with van der Waals surface area (Å²) in [7, 11) is -0.755. The average Bonchev–Trinajstić information content (AvgIpc) is 3.40. The molecule has 0 radical (unpaired) electrons. The summed E-state index contributed by atoms with van der Waals surface area (Å²) in [6.07, 6.45) is 0.256. The molecule has 230 valence electrons. The summed E-state index contributed by atoms with van der Waals surface area (Å²) in [5.74, 6) is -0.300. The molecular weight excluding hydrogens is 633 g/mol. The van der Waals surface area contributed by atoms with Crippen LogP contribution < -0.4 is 15.0 Å². The highest BCUT2D eigenvalue weighted by atomic mass is 35.5. The van der Waals surface area contributed by atoms with Gasteiger partial charge in [-0.2, -0.15) is 0 Å². The van der Waals surface area contributed by atoms with Crippen molar-refractivity contribution in [3.05, 3.63) is 134 Å². The molecule has 0 aliphatic carbocycles. The lowest BCUT2D eigenvalue weighted by Crippen LogP contribution is -2.27. The van der Waals surface area contributed by atoms with Crippen molar-refractivity contribution in [1.82, 2.24) is 14.3 Å². The SMILES string of the molecule is COc1cccc(C(c2[nH]c3ccccc3c2CCNS(=O)(=O)c2cc(Cl)ccc2Cl)c2c(O)c3ccccc3n(C)c2=O)c1. The van der Waals surface area contributed by atoms with Crippen LogP contribution in [0.3, 0.4) is 0 Å². The van der Waals surface area contributed by atoms with Gasteiger partial charge in [-0.3, -0.25) is 4.79 Å². The zero-order valence-electron chi connectivity index (χ0n) is 24.3. The summed E-state index contributed by atoms with van der Waals surface area (Å²) in [5, 5.41) is 13.4. The number of aryl methyl sites for hydroxylation is 1. The molecule has 2 aromatic heterocycles. The fourth-order valence-corrected chi connectivity index (χ4v) is 7.66. The topological polar surface area (TPSA) is 113 Å². The van der Waals surface area contributed by atoms with E-state index >= 15 is 0 Å². The maximum absolute atomic E-state index is 14.1. The average molecular weight is 663 g/mol. The van der Waals surface area contributed by atoms with Gasteiger partial charge in [0.15, 0.2) is 0 Å². The molecule has 0 saturated heterocycles. The van der Waals surface area contributed by atoms with Gasteiger partial charge in [-0.25, -0.2) is 13.1 Å². The summed E-state index contributed by atoms with van der Waals surface area (Å²) in [6, 6.07) is 26.4. The molecule has 45 heavy (non-hydrogen) atoms. The highest BCUT2D eigenvalue weighted by molar-refractivity contribution is 7.89. The number of aromatic amines is 1. The minimum Gasteiger partial charge on any atom is -0.507 e. The summed E-state index contributed by atoms with van der Waals surface area (Å²) >= 11 is 12.3. The minimum absolute atomic E-state index is 0.0204. The Hall–Kier alpha value is -4.28. The third-order valence-corrected chi connectivity index (χ3v) is 10.2. The number of benzene rings is 4. The van der Waals surface area contributed by atoms with Gasteiger partial charge in [0.05, 0.1) is 29.1 Å². The molecule has 0 spiro atoms. The van der Waals surface area contributed by atoms with E-state index in [1.165, 1.54) is 22.8 Å². The number of hydrogen-bond acceptors (Lipinski definition) is 5. The van der Waals surface area contributed by atoms with E-state index in [9.17, 15) is 18.3 Å². The minimum atomic E-state index is -4.00. The molecule has 0 aliphatic heterocycles. The molecule has 6 aromatic rings. The van der Waals surface area contributed by atoms with Gasteiger partial charge in [0.25, 0.3) is 5.56 Å². The molecule has 8 nitrogen and oxygen atoms in total. The number of H-pyrrole nitrogens is 1. The van der Waals surface area contributed by atoms with E-state index < -0.39 is 15.9 Å². The summed E-state index contributed by atoms with van der Waals surface area (Å²) < 4.78 is 36.2. The van der Waals surface area contributed by atoms with Crippen molar-refractivity contribution in [1.29, 1.82) is 0 Å². The first-order valence-electron chi connectivity index (χ1n) is 14.1. The molecule has 1 atom stereocenters. The lowest BCUT2D eigenvalue weighted by molar-refractivity contribution is 0.414. The number of hydrogen-bond donors (Lipinski definition) is 3. The first kappa shape index (κ1) is 30.7. The Balaban J connectivity index is 1.53. The third kappa shape index (κ3) is 5.68. The van der Waals surface area contributed by atoms with Gasteiger partial charge < -0.3 is 19.4 Å². The number of nitrogens with zero attached hydrogens (tertiary/aromatic N) is 1. The van der Waals surface area contributed by atoms with Gasteiger partial charge in [0.1, 0.15) is 16.4 Å². The van der Waals surface area contributed by atoms with Gasteiger partial charge in [-0.1, -0.05) is 65.7 Å². The van der Waals surface area contributed by atoms with E-state index in [-0.39, 0.29) is 44.8 Å². The quantitative estimate of drug-likeness (QED) is 0.159. The number of sulfonamides is 1.